The summed E-state index contributed by atoms with van der Waals surface area (Å²) in [6, 6.07) is 13.5. The zero-order valence-electron chi connectivity index (χ0n) is 16.4. The molecule has 0 saturated carbocycles. The van der Waals surface area contributed by atoms with E-state index in [-0.39, 0.29) is 29.4 Å². The van der Waals surface area contributed by atoms with Crippen LogP contribution >= 0.6 is 0 Å². The van der Waals surface area contributed by atoms with Gasteiger partial charge in [0.25, 0.3) is 0 Å². The summed E-state index contributed by atoms with van der Waals surface area (Å²) in [5.74, 6) is -0.433. The van der Waals surface area contributed by atoms with Crippen molar-refractivity contribution in [2.75, 3.05) is 19.4 Å². The molecule has 7 heteroatoms. The summed E-state index contributed by atoms with van der Waals surface area (Å²) >= 11 is 0. The lowest BCUT2D eigenvalue weighted by atomic mass is 10.0. The Bertz CT molecular complexity index is 935. The van der Waals surface area contributed by atoms with Gasteiger partial charge in [-0.3, -0.25) is 9.59 Å². The molecule has 1 amide bonds. The standard InChI is InChI=1S/C21H26N2O4S/c1-4-6-16-9-11-17(12-10-16)20(24)13-14-21(25)22-18-7-5-8-19(15-18)28(26,27)23(2)3/h5,7-12,15H,4,6,13-14H2,1-3H3,(H,22,25). The maximum Gasteiger partial charge on any atom is 0.242 e. The molecule has 0 fully saturated rings. The molecule has 0 bridgehead atoms. The highest BCUT2D eigenvalue weighted by Gasteiger charge is 2.17. The predicted octanol–water partition coefficient (Wildman–Crippen LogP) is 3.49. The largest absolute Gasteiger partial charge is 0.326 e. The molecular formula is C21H26N2O4S. The van der Waals surface area contributed by atoms with Gasteiger partial charge in [0.15, 0.2) is 5.78 Å². The first-order chi connectivity index (χ1) is 13.2. The third kappa shape index (κ3) is 5.74. The third-order valence-electron chi connectivity index (χ3n) is 4.29. The summed E-state index contributed by atoms with van der Waals surface area (Å²) in [5, 5.41) is 2.65. The summed E-state index contributed by atoms with van der Waals surface area (Å²) in [7, 11) is -0.686. The SMILES string of the molecule is CCCc1ccc(C(=O)CCC(=O)Nc2cccc(S(=O)(=O)N(C)C)c2)cc1. The first-order valence-electron chi connectivity index (χ1n) is 9.18. The van der Waals surface area contributed by atoms with E-state index in [2.05, 4.69) is 12.2 Å². The summed E-state index contributed by atoms with van der Waals surface area (Å²) in [6.07, 6.45) is 2.14. The van der Waals surface area contributed by atoms with Gasteiger partial charge in [-0.2, -0.15) is 0 Å². The highest BCUT2D eigenvalue weighted by atomic mass is 32.2. The number of hydrogen-bond acceptors (Lipinski definition) is 4. The minimum Gasteiger partial charge on any atom is -0.326 e. The van der Waals surface area contributed by atoms with Crippen LogP contribution in [0.4, 0.5) is 5.69 Å². The third-order valence-corrected chi connectivity index (χ3v) is 6.10. The van der Waals surface area contributed by atoms with E-state index in [1.165, 1.54) is 31.8 Å². The molecule has 6 nitrogen and oxygen atoms in total. The normalized spacial score (nSPS) is 11.4. The molecule has 0 spiro atoms. The Labute approximate surface area is 166 Å². The molecule has 0 heterocycles. The van der Waals surface area contributed by atoms with Crippen molar-refractivity contribution >= 4 is 27.4 Å². The molecule has 28 heavy (non-hydrogen) atoms. The van der Waals surface area contributed by atoms with Gasteiger partial charge in [-0.05, 0) is 30.2 Å². The number of Topliss-reactive ketones (excluding diaryl/α,β-unsaturated/α-hetero) is 1. The number of nitrogens with one attached hydrogen (secondary N) is 1. The Kier molecular flexibility index (Phi) is 7.48. The number of ketones is 1. The van der Waals surface area contributed by atoms with Crippen molar-refractivity contribution in [3.8, 4) is 0 Å². The Morgan fingerprint density at radius 2 is 1.68 bits per heavy atom. The van der Waals surface area contributed by atoms with E-state index < -0.39 is 10.0 Å². The van der Waals surface area contributed by atoms with Crippen LogP contribution in [0.25, 0.3) is 0 Å². The van der Waals surface area contributed by atoms with E-state index in [9.17, 15) is 18.0 Å². The fraction of sp³-hybridized carbons (Fsp3) is 0.333. The number of hydrogen-bond donors (Lipinski definition) is 1. The van der Waals surface area contributed by atoms with Gasteiger partial charge in [-0.25, -0.2) is 12.7 Å². The molecule has 0 atom stereocenters. The second-order valence-electron chi connectivity index (χ2n) is 6.73. The highest BCUT2D eigenvalue weighted by molar-refractivity contribution is 7.89. The number of anilines is 1. The number of carbonyl (C=O) groups is 2. The van der Waals surface area contributed by atoms with Crippen molar-refractivity contribution in [2.24, 2.45) is 0 Å². The van der Waals surface area contributed by atoms with E-state index in [1.807, 2.05) is 12.1 Å². The van der Waals surface area contributed by atoms with Crippen molar-refractivity contribution in [3.05, 3.63) is 59.7 Å². The van der Waals surface area contributed by atoms with Crippen LogP contribution in [0, 0.1) is 0 Å². The molecule has 2 aromatic rings. The number of aryl methyl sites for hydroxylation is 1. The second-order valence-corrected chi connectivity index (χ2v) is 8.89. The Morgan fingerprint density at radius 3 is 2.29 bits per heavy atom. The molecular weight excluding hydrogens is 376 g/mol. The first-order valence-corrected chi connectivity index (χ1v) is 10.6. The number of nitrogens with zero attached hydrogens (tertiary/aromatic N) is 1. The van der Waals surface area contributed by atoms with Gasteiger partial charge in [-0.1, -0.05) is 43.7 Å². The maximum absolute atomic E-state index is 12.3. The fourth-order valence-electron chi connectivity index (χ4n) is 2.69. The number of benzene rings is 2. The fourth-order valence-corrected chi connectivity index (χ4v) is 3.63. The maximum atomic E-state index is 12.3. The molecule has 0 aliphatic rings. The van der Waals surface area contributed by atoms with Crippen LogP contribution in [-0.4, -0.2) is 38.5 Å². The molecule has 0 unspecified atom stereocenters. The smallest absolute Gasteiger partial charge is 0.242 e. The van der Waals surface area contributed by atoms with Crippen molar-refractivity contribution in [1.82, 2.24) is 4.31 Å². The lowest BCUT2D eigenvalue weighted by Gasteiger charge is -2.12. The van der Waals surface area contributed by atoms with E-state index in [0.29, 0.717) is 11.3 Å². The van der Waals surface area contributed by atoms with Gasteiger partial charge >= 0.3 is 0 Å². The van der Waals surface area contributed by atoms with E-state index in [1.54, 1.807) is 24.3 Å². The summed E-state index contributed by atoms with van der Waals surface area (Å²) in [6.45, 7) is 2.10. The Morgan fingerprint density at radius 1 is 1.00 bits per heavy atom. The molecule has 0 saturated heterocycles. The summed E-state index contributed by atoms with van der Waals surface area (Å²) < 4.78 is 25.5. The van der Waals surface area contributed by atoms with E-state index >= 15 is 0 Å². The highest BCUT2D eigenvalue weighted by Crippen LogP contribution is 2.18. The zero-order valence-corrected chi connectivity index (χ0v) is 17.3. The van der Waals surface area contributed by atoms with Crippen LogP contribution in [0.1, 0.15) is 42.1 Å². The lowest BCUT2D eigenvalue weighted by molar-refractivity contribution is -0.116. The van der Waals surface area contributed by atoms with Gasteiger partial charge in [0.1, 0.15) is 0 Å². The van der Waals surface area contributed by atoms with Crippen molar-refractivity contribution < 1.29 is 18.0 Å². The molecule has 0 aliphatic carbocycles. The van der Waals surface area contributed by atoms with Crippen LogP contribution in [0.3, 0.4) is 0 Å². The van der Waals surface area contributed by atoms with E-state index in [4.69, 9.17) is 0 Å². The van der Waals surface area contributed by atoms with Crippen LogP contribution in [-0.2, 0) is 21.2 Å². The first kappa shape index (κ1) is 21.8. The average Bonchev–Trinajstić information content (AvgIpc) is 2.67. The quantitative estimate of drug-likeness (QED) is 0.651. The number of carbonyl (C=O) groups excluding carboxylic acids is 2. The van der Waals surface area contributed by atoms with Crippen molar-refractivity contribution in [3.63, 3.8) is 0 Å². The molecule has 0 aromatic heterocycles. The van der Waals surface area contributed by atoms with Gasteiger partial charge in [0, 0.05) is 38.2 Å². The van der Waals surface area contributed by atoms with E-state index in [0.717, 1.165) is 17.1 Å². The summed E-state index contributed by atoms with van der Waals surface area (Å²) in [4.78, 5) is 24.5. The van der Waals surface area contributed by atoms with Crippen LogP contribution < -0.4 is 5.32 Å². The van der Waals surface area contributed by atoms with Crippen LogP contribution in [0.5, 0.6) is 0 Å². The lowest BCUT2D eigenvalue weighted by Crippen LogP contribution is -2.22. The van der Waals surface area contributed by atoms with Crippen LogP contribution in [0.15, 0.2) is 53.4 Å². The molecule has 0 radical (unpaired) electrons. The van der Waals surface area contributed by atoms with Crippen molar-refractivity contribution in [1.29, 1.82) is 0 Å². The average molecular weight is 403 g/mol. The van der Waals surface area contributed by atoms with Gasteiger partial charge < -0.3 is 5.32 Å². The molecule has 2 aromatic carbocycles. The topological polar surface area (TPSA) is 83.5 Å². The molecule has 1 N–H and O–H groups in total. The monoisotopic (exact) mass is 402 g/mol. The molecule has 0 aliphatic heterocycles. The molecule has 150 valence electrons. The minimum absolute atomic E-state index is 0.0280. The molecule has 2 rings (SSSR count). The Hall–Kier alpha value is -2.51. The summed E-state index contributed by atoms with van der Waals surface area (Å²) in [5.41, 5.74) is 2.15. The van der Waals surface area contributed by atoms with Crippen LogP contribution in [0.2, 0.25) is 0 Å². The van der Waals surface area contributed by atoms with Gasteiger partial charge in [0.2, 0.25) is 15.9 Å². The van der Waals surface area contributed by atoms with Gasteiger partial charge in [-0.15, -0.1) is 0 Å². The predicted molar refractivity (Wildman–Crippen MR) is 110 cm³/mol. The minimum atomic E-state index is -3.58. The number of sulfonamides is 1. The van der Waals surface area contributed by atoms with Gasteiger partial charge in [0.05, 0.1) is 4.90 Å². The number of amides is 1. The second kappa shape index (κ2) is 9.61. The number of rotatable bonds is 9. The van der Waals surface area contributed by atoms with Crippen molar-refractivity contribution in [2.45, 2.75) is 37.5 Å². The Balaban J connectivity index is 1.94. The zero-order chi connectivity index (χ0) is 20.7.